The number of rotatable bonds is 5. The van der Waals surface area contributed by atoms with Gasteiger partial charge in [0.15, 0.2) is 6.10 Å². The van der Waals surface area contributed by atoms with Gasteiger partial charge in [-0.25, -0.2) is 4.39 Å². The van der Waals surface area contributed by atoms with Gasteiger partial charge in [-0.05, 0) is 49.4 Å². The molecule has 0 bridgehead atoms. The van der Waals surface area contributed by atoms with E-state index < -0.39 is 23.7 Å². The third-order valence-electron chi connectivity index (χ3n) is 2.75. The van der Waals surface area contributed by atoms with Gasteiger partial charge < -0.3 is 9.15 Å². The molecule has 1 aromatic heterocycles. The fourth-order valence-corrected chi connectivity index (χ4v) is 1.58. The van der Waals surface area contributed by atoms with E-state index in [4.69, 9.17) is 9.15 Å². The Labute approximate surface area is 131 Å². The molecule has 2 amide bonds. The van der Waals surface area contributed by atoms with Crippen LogP contribution in [0.1, 0.15) is 12.7 Å². The number of hydrogen-bond acceptors (Lipinski definition) is 4. The predicted molar refractivity (Wildman–Crippen MR) is 80.5 cm³/mol. The molecule has 0 aliphatic heterocycles. The number of carbonyl (C=O) groups is 2. The lowest BCUT2D eigenvalue weighted by Crippen LogP contribution is -2.46. The van der Waals surface area contributed by atoms with Gasteiger partial charge in [0.2, 0.25) is 0 Å². The summed E-state index contributed by atoms with van der Waals surface area (Å²) in [5.41, 5.74) is 4.44. The fourth-order valence-electron chi connectivity index (χ4n) is 1.58. The molecule has 2 aromatic rings. The van der Waals surface area contributed by atoms with E-state index in [0.29, 0.717) is 11.5 Å². The van der Waals surface area contributed by atoms with Gasteiger partial charge in [0.1, 0.15) is 17.3 Å². The second-order valence-corrected chi connectivity index (χ2v) is 4.54. The van der Waals surface area contributed by atoms with E-state index >= 15 is 0 Å². The monoisotopic (exact) mass is 318 g/mol. The second-order valence-electron chi connectivity index (χ2n) is 4.54. The molecule has 0 aliphatic carbocycles. The number of benzene rings is 1. The number of nitrogens with one attached hydrogen (secondary N) is 2. The largest absolute Gasteiger partial charge is 0.481 e. The van der Waals surface area contributed by atoms with Crippen LogP contribution in [-0.4, -0.2) is 17.9 Å². The summed E-state index contributed by atoms with van der Waals surface area (Å²) in [6.45, 7) is 1.50. The average Bonchev–Trinajstić information content (AvgIpc) is 3.06. The van der Waals surface area contributed by atoms with Crippen molar-refractivity contribution in [1.29, 1.82) is 0 Å². The van der Waals surface area contributed by atoms with E-state index in [1.807, 2.05) is 0 Å². The predicted octanol–water partition coefficient (Wildman–Crippen LogP) is 2.05. The highest BCUT2D eigenvalue weighted by molar-refractivity contribution is 5.93. The molecule has 0 saturated heterocycles. The molecule has 1 aromatic carbocycles. The number of furan rings is 1. The van der Waals surface area contributed by atoms with Crippen LogP contribution < -0.4 is 15.6 Å². The molecule has 0 aliphatic rings. The minimum atomic E-state index is -0.866. The number of halogens is 1. The molecule has 0 fully saturated rings. The third-order valence-corrected chi connectivity index (χ3v) is 2.75. The first-order valence-corrected chi connectivity index (χ1v) is 6.78. The Bertz CT molecular complexity index is 681. The van der Waals surface area contributed by atoms with Crippen molar-refractivity contribution in [2.24, 2.45) is 0 Å². The Morgan fingerprint density at radius 2 is 1.96 bits per heavy atom. The SMILES string of the molecule is C[C@@H](Oc1ccc(F)cc1)C(=O)NNC(=O)/C=C/c1ccco1. The van der Waals surface area contributed by atoms with Crippen LogP contribution in [0.3, 0.4) is 0 Å². The zero-order chi connectivity index (χ0) is 16.7. The molecule has 1 atom stereocenters. The number of amides is 2. The Morgan fingerprint density at radius 3 is 2.61 bits per heavy atom. The zero-order valence-electron chi connectivity index (χ0n) is 12.3. The molecule has 0 radical (unpaired) electrons. The normalized spacial score (nSPS) is 11.9. The van der Waals surface area contributed by atoms with E-state index in [2.05, 4.69) is 10.9 Å². The van der Waals surface area contributed by atoms with E-state index in [1.165, 1.54) is 49.6 Å². The maximum Gasteiger partial charge on any atom is 0.279 e. The fraction of sp³-hybridized carbons (Fsp3) is 0.125. The standard InChI is InChI=1S/C16H15FN2O4/c1-11(23-14-6-4-12(17)5-7-14)16(21)19-18-15(20)9-8-13-3-2-10-22-13/h2-11H,1H3,(H,18,20)(H,19,21)/b9-8+/t11-/m1/s1. The van der Waals surface area contributed by atoms with Crippen LogP contribution in [0.25, 0.3) is 6.08 Å². The van der Waals surface area contributed by atoms with Crippen LogP contribution in [0.2, 0.25) is 0 Å². The zero-order valence-corrected chi connectivity index (χ0v) is 12.3. The van der Waals surface area contributed by atoms with Gasteiger partial charge in [-0.15, -0.1) is 0 Å². The summed E-state index contributed by atoms with van der Waals surface area (Å²) in [5, 5.41) is 0. The van der Waals surface area contributed by atoms with E-state index in [-0.39, 0.29) is 0 Å². The Morgan fingerprint density at radius 1 is 1.22 bits per heavy atom. The first-order valence-electron chi connectivity index (χ1n) is 6.78. The smallest absolute Gasteiger partial charge is 0.279 e. The topological polar surface area (TPSA) is 80.6 Å². The third kappa shape index (κ3) is 5.31. The van der Waals surface area contributed by atoms with Crippen molar-refractivity contribution >= 4 is 17.9 Å². The van der Waals surface area contributed by atoms with Gasteiger partial charge >= 0.3 is 0 Å². The summed E-state index contributed by atoms with van der Waals surface area (Å²) < 4.78 is 23.1. The Balaban J connectivity index is 1.77. The van der Waals surface area contributed by atoms with Gasteiger partial charge in [-0.3, -0.25) is 20.4 Å². The maximum absolute atomic E-state index is 12.8. The minimum Gasteiger partial charge on any atom is -0.481 e. The van der Waals surface area contributed by atoms with Gasteiger partial charge in [0, 0.05) is 6.08 Å². The summed E-state index contributed by atoms with van der Waals surface area (Å²) in [7, 11) is 0. The first kappa shape index (κ1) is 16.3. The lowest BCUT2D eigenvalue weighted by atomic mass is 10.3. The summed E-state index contributed by atoms with van der Waals surface area (Å²) in [6.07, 6.45) is 3.29. The number of carbonyl (C=O) groups excluding carboxylic acids is 2. The first-order chi connectivity index (χ1) is 11.0. The highest BCUT2D eigenvalue weighted by Crippen LogP contribution is 2.12. The molecule has 2 N–H and O–H groups in total. The van der Waals surface area contributed by atoms with Crippen LogP contribution in [0, 0.1) is 5.82 Å². The van der Waals surface area contributed by atoms with E-state index in [9.17, 15) is 14.0 Å². The number of hydrogen-bond donors (Lipinski definition) is 2. The average molecular weight is 318 g/mol. The quantitative estimate of drug-likeness (QED) is 0.653. The minimum absolute atomic E-state index is 0.345. The molecule has 0 spiro atoms. The van der Waals surface area contributed by atoms with Gasteiger partial charge in [0.25, 0.3) is 11.8 Å². The number of ether oxygens (including phenoxy) is 1. The van der Waals surface area contributed by atoms with Crippen molar-refractivity contribution in [2.45, 2.75) is 13.0 Å². The van der Waals surface area contributed by atoms with Gasteiger partial charge in [-0.2, -0.15) is 0 Å². The van der Waals surface area contributed by atoms with Gasteiger partial charge in [-0.1, -0.05) is 0 Å². The molecular formula is C16H15FN2O4. The van der Waals surface area contributed by atoms with Gasteiger partial charge in [0.05, 0.1) is 6.26 Å². The molecule has 120 valence electrons. The van der Waals surface area contributed by atoms with Crippen molar-refractivity contribution in [3.63, 3.8) is 0 Å². The molecule has 2 rings (SSSR count). The second kappa shape index (κ2) is 7.79. The summed E-state index contributed by atoms with van der Waals surface area (Å²) in [5.74, 6) is -0.611. The Kier molecular flexibility index (Phi) is 5.51. The molecule has 0 saturated carbocycles. The molecular weight excluding hydrogens is 303 g/mol. The molecule has 23 heavy (non-hydrogen) atoms. The lowest BCUT2D eigenvalue weighted by Gasteiger charge is -2.14. The maximum atomic E-state index is 12.8. The summed E-state index contributed by atoms with van der Waals surface area (Å²) in [6, 6.07) is 8.63. The van der Waals surface area contributed by atoms with Crippen LogP contribution >= 0.6 is 0 Å². The molecule has 6 nitrogen and oxygen atoms in total. The van der Waals surface area contributed by atoms with E-state index in [0.717, 1.165) is 0 Å². The van der Waals surface area contributed by atoms with E-state index in [1.54, 1.807) is 12.1 Å². The van der Waals surface area contributed by atoms with Crippen molar-refractivity contribution in [3.8, 4) is 5.75 Å². The molecule has 0 unspecified atom stereocenters. The number of hydrazine groups is 1. The highest BCUT2D eigenvalue weighted by Gasteiger charge is 2.14. The van der Waals surface area contributed by atoms with Crippen LogP contribution in [0.15, 0.2) is 53.2 Å². The van der Waals surface area contributed by atoms with Crippen molar-refractivity contribution in [1.82, 2.24) is 10.9 Å². The van der Waals surface area contributed by atoms with Crippen LogP contribution in [-0.2, 0) is 9.59 Å². The highest BCUT2D eigenvalue weighted by atomic mass is 19.1. The summed E-state index contributed by atoms with van der Waals surface area (Å²) >= 11 is 0. The lowest BCUT2D eigenvalue weighted by molar-refractivity contribution is -0.131. The summed E-state index contributed by atoms with van der Waals surface area (Å²) in [4.78, 5) is 23.3. The van der Waals surface area contributed by atoms with Crippen molar-refractivity contribution < 1.29 is 23.1 Å². The van der Waals surface area contributed by atoms with Crippen molar-refractivity contribution in [3.05, 3.63) is 60.3 Å². The Hall–Kier alpha value is -3.09. The van der Waals surface area contributed by atoms with Crippen LogP contribution in [0.5, 0.6) is 5.75 Å². The molecule has 1 heterocycles. The van der Waals surface area contributed by atoms with Crippen molar-refractivity contribution in [2.75, 3.05) is 0 Å². The molecule has 7 heteroatoms. The van der Waals surface area contributed by atoms with Crippen LogP contribution in [0.4, 0.5) is 4.39 Å².